The van der Waals surface area contributed by atoms with E-state index in [4.69, 9.17) is 52.1 Å². The average Bonchev–Trinajstić information content (AvgIpc) is 1.55. The summed E-state index contributed by atoms with van der Waals surface area (Å²) in [5, 5.41) is 29.9. The Balaban J connectivity index is 0.000000182. The highest BCUT2D eigenvalue weighted by Crippen LogP contribution is 2.37. The zero-order chi connectivity index (χ0) is 69.1. The Hall–Kier alpha value is -8.82. The molecule has 5 aromatic carbocycles. The van der Waals surface area contributed by atoms with Crippen LogP contribution in [-0.2, 0) is 72.0 Å². The molecule has 1 unspecified atom stereocenters. The molecule has 0 spiro atoms. The maximum Gasteiger partial charge on any atom is 0.344 e. The van der Waals surface area contributed by atoms with E-state index >= 15 is 0 Å². The summed E-state index contributed by atoms with van der Waals surface area (Å²) >= 11 is 11.4. The molecule has 3 aliphatic rings. The van der Waals surface area contributed by atoms with Gasteiger partial charge < -0.3 is 39.3 Å². The van der Waals surface area contributed by atoms with Gasteiger partial charge in [0.1, 0.15) is 29.2 Å². The Morgan fingerprint density at radius 3 is 1.98 bits per heavy atom. The standard InChI is InChI=1S/C23H32N2O4.C18H18N2O5S.C16H17N3O5S.C9H8Cl2O3/c1-7-16-13-15(3)14-17(8-2)18(16)19-20(26)24-9-11-28-12-10-25(24)21(19)29-22(27)23(4,5)6;1-25-16-5-3-2-4-15(16)18(22)20-26(23,24)14-10-6-12(7-11-14)17(21)19-13-8-9-13;1-9-10(15(20)11-8-17-19(2)16(11)21)4-5-13(25(3,22)23)14(9)12-6-7-24-18-12;1-5(9(12)13)14-8-3-2-6(10)4-7(8)11/h13-14H,7-12H2,1-6H3;2-7,10-11,13H,8-9H2,1H3,(H,19,21)(H,20,22);4-5,8,21H,6-7H2,1-3H3;2-5H,1H3,(H,12,13). The quantitative estimate of drug-likeness (QED) is 0.0487. The van der Waals surface area contributed by atoms with Crippen molar-refractivity contribution in [2.24, 2.45) is 17.6 Å². The Morgan fingerprint density at radius 2 is 1.44 bits per heavy atom. The van der Waals surface area contributed by atoms with Gasteiger partial charge >= 0.3 is 11.9 Å². The van der Waals surface area contributed by atoms with Gasteiger partial charge in [-0.05, 0) is 156 Å². The van der Waals surface area contributed by atoms with Crippen LogP contribution in [0.4, 0.5) is 0 Å². The lowest BCUT2D eigenvalue weighted by molar-refractivity contribution is -0.144. The Morgan fingerprint density at radius 1 is 0.798 bits per heavy atom. The van der Waals surface area contributed by atoms with Crippen LogP contribution in [0.25, 0.3) is 11.1 Å². The molecule has 0 bridgehead atoms. The molecule has 1 atom stereocenters. The highest BCUT2D eigenvalue weighted by atomic mass is 35.5. The fraction of sp³-hybridized carbons (Fsp3) is 0.364. The van der Waals surface area contributed by atoms with Gasteiger partial charge in [-0.1, -0.05) is 72.0 Å². The lowest BCUT2D eigenvalue weighted by Crippen LogP contribution is -2.31. The summed E-state index contributed by atoms with van der Waals surface area (Å²) in [5.41, 5.74) is 6.14. The number of halogens is 2. The number of aromatic hydroxyl groups is 1. The lowest BCUT2D eigenvalue weighted by atomic mass is 9.91. The van der Waals surface area contributed by atoms with E-state index in [9.17, 15) is 50.7 Å². The molecule has 1 fully saturated rings. The van der Waals surface area contributed by atoms with Gasteiger partial charge in [-0.3, -0.25) is 24.0 Å². The van der Waals surface area contributed by atoms with E-state index in [-0.39, 0.29) is 61.6 Å². The Bertz CT molecular complexity index is 4310. The zero-order valence-corrected chi connectivity index (χ0v) is 56.9. The lowest BCUT2D eigenvalue weighted by Gasteiger charge is -2.19. The van der Waals surface area contributed by atoms with Gasteiger partial charge in [0.05, 0.1) is 71.1 Å². The van der Waals surface area contributed by atoms with Crippen LogP contribution in [0.1, 0.15) is 125 Å². The largest absolute Gasteiger partial charge is 0.496 e. The average molecular weight is 1370 g/mol. The second kappa shape index (κ2) is 31.0. The van der Waals surface area contributed by atoms with Crippen LogP contribution >= 0.6 is 23.2 Å². The number of ether oxygens (including phenoxy) is 4. The van der Waals surface area contributed by atoms with Gasteiger partial charge in [0, 0.05) is 47.5 Å². The summed E-state index contributed by atoms with van der Waals surface area (Å²) in [6, 6.07) is 23.6. The number of carboxylic acids is 1. The van der Waals surface area contributed by atoms with E-state index in [1.807, 2.05) is 25.5 Å². The van der Waals surface area contributed by atoms with Crippen LogP contribution in [0.15, 0.2) is 117 Å². The van der Waals surface area contributed by atoms with Crippen LogP contribution < -0.4 is 29.8 Å². The van der Waals surface area contributed by atoms with Crippen molar-refractivity contribution < 1.29 is 74.8 Å². The first-order valence-corrected chi connectivity index (χ1v) is 33.9. The molecule has 0 saturated heterocycles. The number of benzene rings is 5. The summed E-state index contributed by atoms with van der Waals surface area (Å²) < 4.78 is 77.3. The molecule has 2 amide bonds. The topological polar surface area (TPSA) is 321 Å². The minimum Gasteiger partial charge on any atom is -0.496 e. The maximum absolute atomic E-state index is 13.5. The number of carboxylic acid groups (broad SMARTS) is 1. The predicted octanol–water partition coefficient (Wildman–Crippen LogP) is 9.48. The number of hydrogen-bond donors (Lipinski definition) is 4. The van der Waals surface area contributed by atoms with Gasteiger partial charge in [0.15, 0.2) is 21.7 Å². The van der Waals surface area contributed by atoms with Crippen LogP contribution in [0.5, 0.6) is 23.3 Å². The number of nitrogens with zero attached hydrogens (tertiary/aromatic N) is 5. The number of esters is 1. The van der Waals surface area contributed by atoms with Gasteiger partial charge in [-0.25, -0.2) is 40.4 Å². The first-order chi connectivity index (χ1) is 44.3. The van der Waals surface area contributed by atoms with Crippen LogP contribution in [0, 0.1) is 19.3 Å². The molecular weight excluding hydrogens is 1300 g/mol. The Labute approximate surface area is 554 Å². The molecule has 1 aliphatic carbocycles. The molecule has 502 valence electrons. The number of carbonyl (C=O) groups excluding carboxylic acids is 4. The summed E-state index contributed by atoms with van der Waals surface area (Å²) in [5.74, 6) is -2.20. The van der Waals surface area contributed by atoms with Crippen molar-refractivity contribution in [2.75, 3.05) is 33.2 Å². The number of aliphatic carboxylic acids is 1. The minimum atomic E-state index is -4.07. The molecule has 94 heavy (non-hydrogen) atoms. The highest BCUT2D eigenvalue weighted by molar-refractivity contribution is 7.91. The number of aromatic nitrogens is 4. The number of fused-ring (bicyclic) bond motifs is 1. The van der Waals surface area contributed by atoms with E-state index in [0.717, 1.165) is 48.6 Å². The van der Waals surface area contributed by atoms with Crippen molar-refractivity contribution in [2.45, 2.75) is 123 Å². The van der Waals surface area contributed by atoms with Crippen LogP contribution in [0.2, 0.25) is 10.0 Å². The number of rotatable bonds is 17. The number of hydrogen-bond acceptors (Lipinski definition) is 18. The second-order valence-corrected chi connectivity index (χ2v) is 27.6. The SMILES string of the molecule is CC(Oc1ccc(Cl)cc1Cl)C(=O)O.CCc1cc(C)cc(CC)c1-c1c(OC(=O)C(C)(C)C)n2n(c1=O)CCOCC2.COc1ccccc1C(=O)NS(=O)(=O)c1ccc(C(=O)NC2CC2)cc1.Cc1c(C(=O)c2cnn(C)c2O)ccc(S(C)(=O)=O)c1C1=NOCC1. The molecule has 2 aromatic heterocycles. The molecule has 1 saturated carbocycles. The number of sulfonamides is 1. The first-order valence-electron chi connectivity index (χ1n) is 29.8. The number of sulfone groups is 1. The maximum atomic E-state index is 13.5. The first kappa shape index (κ1) is 72.6. The number of aryl methyl sites for hydroxylation is 4. The summed E-state index contributed by atoms with van der Waals surface area (Å²) in [6.45, 7) is 17.0. The summed E-state index contributed by atoms with van der Waals surface area (Å²) in [6.07, 6.45) is 5.43. The molecule has 7 aromatic rings. The molecule has 4 heterocycles. The number of oxime groups is 1. The van der Waals surface area contributed by atoms with E-state index in [1.54, 1.807) is 40.6 Å². The zero-order valence-electron chi connectivity index (χ0n) is 53.8. The third-order valence-corrected chi connectivity index (χ3v) is 17.9. The van der Waals surface area contributed by atoms with Gasteiger partial charge in [0.25, 0.3) is 27.4 Å². The van der Waals surface area contributed by atoms with E-state index in [0.29, 0.717) is 89.0 Å². The van der Waals surface area contributed by atoms with Crippen molar-refractivity contribution in [1.82, 2.24) is 29.2 Å². The fourth-order valence-electron chi connectivity index (χ4n) is 9.78. The molecule has 0 radical (unpaired) electrons. The van der Waals surface area contributed by atoms with Crippen molar-refractivity contribution in [3.8, 4) is 34.4 Å². The molecule has 28 heteroatoms. The normalized spacial score (nSPS) is 13.9. The third-order valence-electron chi connectivity index (χ3n) is 14.9. The van der Waals surface area contributed by atoms with Crippen molar-refractivity contribution >= 4 is 78.3 Å². The number of carbonyl (C=O) groups is 5. The Kier molecular flexibility index (Phi) is 23.9. The predicted molar refractivity (Wildman–Crippen MR) is 352 cm³/mol. The van der Waals surface area contributed by atoms with Crippen molar-refractivity contribution in [3.63, 3.8) is 0 Å². The van der Waals surface area contributed by atoms with E-state index in [1.165, 1.54) is 92.1 Å². The van der Waals surface area contributed by atoms with Gasteiger partial charge in [-0.15, -0.1) is 0 Å². The monoisotopic (exact) mass is 1370 g/mol. The van der Waals surface area contributed by atoms with Gasteiger partial charge in [-0.2, -0.15) is 5.10 Å². The van der Waals surface area contributed by atoms with Crippen molar-refractivity contribution in [1.29, 1.82) is 0 Å². The highest BCUT2D eigenvalue weighted by Gasteiger charge is 2.33. The summed E-state index contributed by atoms with van der Waals surface area (Å²) in [4.78, 5) is 78.8. The number of ketones is 1. The second-order valence-electron chi connectivity index (χ2n) is 23.1. The molecule has 10 rings (SSSR count). The molecule has 2 aliphatic heterocycles. The number of para-hydroxylation sites is 1. The third kappa shape index (κ3) is 17.7. The molecule has 24 nitrogen and oxygen atoms in total. The van der Waals surface area contributed by atoms with Crippen molar-refractivity contribution in [3.05, 3.63) is 168 Å². The fourth-order valence-corrected chi connectivity index (χ4v) is 12.2. The number of methoxy groups -OCH3 is 1. The van der Waals surface area contributed by atoms with Crippen LogP contribution in [-0.4, -0.2) is 127 Å². The number of nitrogens with one attached hydrogen (secondary N) is 2. The van der Waals surface area contributed by atoms with E-state index < -0.39 is 49.0 Å². The smallest absolute Gasteiger partial charge is 0.344 e. The van der Waals surface area contributed by atoms with Crippen LogP contribution in [0.3, 0.4) is 0 Å². The summed E-state index contributed by atoms with van der Waals surface area (Å²) in [7, 11) is -4.68. The minimum absolute atomic E-state index is 0.0493. The van der Waals surface area contributed by atoms with Gasteiger partial charge in [0.2, 0.25) is 11.8 Å². The number of amides is 2. The van der Waals surface area contributed by atoms with E-state index in [2.05, 4.69) is 48.5 Å². The molecular formula is C66H75Cl2N7O17S2. The molecule has 4 N–H and O–H groups in total.